The van der Waals surface area contributed by atoms with Crippen LogP contribution in [0.3, 0.4) is 0 Å². The van der Waals surface area contributed by atoms with Crippen molar-refractivity contribution in [1.29, 1.82) is 0 Å². The van der Waals surface area contributed by atoms with Crippen molar-refractivity contribution >= 4 is 40.2 Å². The summed E-state index contributed by atoms with van der Waals surface area (Å²) in [6, 6.07) is 0. The summed E-state index contributed by atoms with van der Waals surface area (Å²) in [5.74, 6) is 4.62. The van der Waals surface area contributed by atoms with Crippen molar-refractivity contribution in [1.82, 2.24) is 0 Å². The van der Waals surface area contributed by atoms with Gasteiger partial charge in [0.05, 0.1) is 0 Å². The summed E-state index contributed by atoms with van der Waals surface area (Å²) >= 11 is 0.125. The van der Waals surface area contributed by atoms with Crippen molar-refractivity contribution in [2.45, 2.75) is 11.5 Å². The summed E-state index contributed by atoms with van der Waals surface area (Å²) < 4.78 is 0. The second-order valence-electron chi connectivity index (χ2n) is 0.707. The zero-order chi connectivity index (χ0) is 2.71. The van der Waals surface area contributed by atoms with Gasteiger partial charge in [-0.25, -0.2) is 0 Å². The van der Waals surface area contributed by atoms with Gasteiger partial charge in [0.1, 0.15) is 0 Å². The van der Waals surface area contributed by atoms with Gasteiger partial charge in [0.25, 0.3) is 0 Å². The second-order valence-corrected chi connectivity index (χ2v) is 3.67. The monoisotopic (exact) mass is 178 g/mol. The molecule has 3 heteroatoms. The molecule has 0 aromatic carbocycles. The van der Waals surface area contributed by atoms with E-state index in [0.29, 0.717) is 0 Å². The minimum atomic E-state index is 0. The summed E-state index contributed by atoms with van der Waals surface area (Å²) in [7, 11) is 0. The molecule has 0 aliphatic heterocycles. The number of hydrogen-bond acceptors (Lipinski definition) is 0. The average Bonchev–Trinajstić information content (AvgIpc) is 0.918. The maximum absolute atomic E-state index is 2.31. The van der Waals surface area contributed by atoms with Gasteiger partial charge in [0, 0.05) is 0 Å². The summed E-state index contributed by atoms with van der Waals surface area (Å²) in [5, 5.41) is 0. The Kier molecular flexibility index (Phi) is 63.7. The molecule has 0 spiro atoms. The predicted octanol–water partition coefficient (Wildman–Crippen LogP) is 1.09. The fraction of sp³-hybridized carbons (Fsp3) is 1.00. The molecule has 0 N–H and O–H groups in total. The molecule has 0 radical (unpaired) electrons. The Labute approximate surface area is 52.0 Å². The fourth-order valence-electron chi connectivity index (χ4n) is 0. The Morgan fingerprint density at radius 2 is 1.00 bits per heavy atom. The fourth-order valence-corrected chi connectivity index (χ4v) is 0. The van der Waals surface area contributed by atoms with E-state index in [-0.39, 0.29) is 40.2 Å². The van der Waals surface area contributed by atoms with Crippen LogP contribution in [0.1, 0.15) is 0 Å². The van der Waals surface area contributed by atoms with Crippen LogP contribution in [0.2, 0.25) is 11.5 Å². The first kappa shape index (κ1) is 16.5. The van der Waals surface area contributed by atoms with E-state index >= 15 is 0 Å². The van der Waals surface area contributed by atoms with Crippen molar-refractivity contribution in [3.63, 3.8) is 0 Å². The van der Waals surface area contributed by atoms with Crippen molar-refractivity contribution in [3.8, 4) is 0 Å². The van der Waals surface area contributed by atoms with Crippen LogP contribution in [0.25, 0.3) is 0 Å². The summed E-state index contributed by atoms with van der Waals surface area (Å²) in [6.45, 7) is 0. The van der Waals surface area contributed by atoms with Gasteiger partial charge in [-0.15, -0.1) is 24.8 Å². The molecule has 0 saturated carbocycles. The van der Waals surface area contributed by atoms with E-state index in [1.54, 1.807) is 0 Å². The number of halogens is 2. The third kappa shape index (κ3) is 39.6. The van der Waals surface area contributed by atoms with Crippen LogP contribution < -0.4 is 0 Å². The molecule has 0 rings (SSSR count). The van der Waals surface area contributed by atoms with E-state index in [2.05, 4.69) is 11.5 Å². The number of rotatable bonds is 0. The van der Waals surface area contributed by atoms with Gasteiger partial charge in [-0.1, -0.05) is 0 Å². The van der Waals surface area contributed by atoms with Crippen LogP contribution in [0.5, 0.6) is 0 Å². The Morgan fingerprint density at radius 1 is 1.00 bits per heavy atom. The van der Waals surface area contributed by atoms with Crippen LogP contribution in [-0.2, 0) is 0 Å². The third-order valence-corrected chi connectivity index (χ3v) is 0. The zero-order valence-electron chi connectivity index (χ0n) is 3.52. The molecule has 0 amide bonds. The van der Waals surface area contributed by atoms with Gasteiger partial charge in [-0.3, -0.25) is 0 Å². The van der Waals surface area contributed by atoms with Crippen molar-refractivity contribution in [3.05, 3.63) is 0 Å². The molecule has 0 aliphatic rings. The summed E-state index contributed by atoms with van der Waals surface area (Å²) in [5.41, 5.74) is 0. The average molecular weight is 178 g/mol. The van der Waals surface area contributed by atoms with E-state index in [1.807, 2.05) is 0 Å². The zero-order valence-corrected chi connectivity index (χ0v) is 8.12. The van der Waals surface area contributed by atoms with Crippen molar-refractivity contribution in [2.75, 3.05) is 0 Å². The second kappa shape index (κ2) is 19.3. The first-order valence-electron chi connectivity index (χ1n) is 1.41. The van der Waals surface area contributed by atoms with Gasteiger partial charge in [-0.05, 0) is 0 Å². The molecule has 0 aromatic rings. The minimum absolute atomic E-state index is 0. The number of hydrogen-bond donors (Lipinski definition) is 0. The van der Waals surface area contributed by atoms with Crippen LogP contribution in [0.15, 0.2) is 0 Å². The van der Waals surface area contributed by atoms with Crippen molar-refractivity contribution < 1.29 is 0 Å². The van der Waals surface area contributed by atoms with E-state index < -0.39 is 0 Å². The molecule has 0 aliphatic carbocycles. The molecule has 36 valence electrons. The van der Waals surface area contributed by atoms with E-state index in [1.165, 1.54) is 0 Å². The van der Waals surface area contributed by atoms with Gasteiger partial charge < -0.3 is 0 Å². The van der Waals surface area contributed by atoms with Gasteiger partial charge in [0.15, 0.2) is 0 Å². The topological polar surface area (TPSA) is 0 Å². The van der Waals surface area contributed by atoms with Crippen LogP contribution >= 0.6 is 24.8 Å². The molecule has 0 unspecified atom stereocenters. The first-order chi connectivity index (χ1) is 1.41. The Balaban J connectivity index is -0.0000000200. The van der Waals surface area contributed by atoms with E-state index in [9.17, 15) is 0 Å². The molecule has 0 fully saturated rings. The van der Waals surface area contributed by atoms with E-state index in [0.717, 1.165) is 0 Å². The van der Waals surface area contributed by atoms with Crippen molar-refractivity contribution in [2.24, 2.45) is 0 Å². The summed E-state index contributed by atoms with van der Waals surface area (Å²) in [6.07, 6.45) is 0. The third-order valence-electron chi connectivity index (χ3n) is 0. The molecule has 0 saturated heterocycles. The summed E-state index contributed by atoms with van der Waals surface area (Å²) in [4.78, 5) is 0. The predicted molar refractivity (Wildman–Crippen MR) is 34.8 cm³/mol. The molecule has 0 heterocycles. The molecular weight excluding hydrogens is 168 g/mol. The van der Waals surface area contributed by atoms with Gasteiger partial charge >= 0.3 is 26.9 Å². The maximum atomic E-state index is 2.31. The quantitative estimate of drug-likeness (QED) is 0.486. The Bertz CT molecular complexity index is 7.61. The molecular formula is C2H10Cl2Ge. The standard InChI is InChI=1S/C2H8Ge.2ClH/c1-3-2;;/h3H2,1-2H3;2*1H. The Hall–Kier alpha value is 1.12. The molecule has 0 aromatic heterocycles. The molecule has 0 nitrogen and oxygen atoms in total. The molecule has 0 atom stereocenters. The van der Waals surface area contributed by atoms with E-state index in [4.69, 9.17) is 0 Å². The SMILES string of the molecule is Cl.Cl.[CH3][GeH2][CH3]. The van der Waals surface area contributed by atoms with Crippen LogP contribution in [-0.4, -0.2) is 15.4 Å². The van der Waals surface area contributed by atoms with Gasteiger partial charge in [0.2, 0.25) is 0 Å². The molecule has 0 bridgehead atoms. The van der Waals surface area contributed by atoms with Crippen LogP contribution in [0.4, 0.5) is 0 Å². The molecule has 5 heavy (non-hydrogen) atoms. The Morgan fingerprint density at radius 3 is 1.00 bits per heavy atom. The first-order valence-corrected chi connectivity index (χ1v) is 7.35. The van der Waals surface area contributed by atoms with Crippen LogP contribution in [0, 0.1) is 0 Å². The normalized spacial score (nSPS) is 3.60. The van der Waals surface area contributed by atoms with Gasteiger partial charge in [-0.2, -0.15) is 0 Å².